The van der Waals surface area contributed by atoms with Gasteiger partial charge >= 0.3 is 0 Å². The van der Waals surface area contributed by atoms with Crippen LogP contribution in [0.1, 0.15) is 37.7 Å². The Morgan fingerprint density at radius 1 is 1.25 bits per heavy atom. The van der Waals surface area contributed by atoms with E-state index < -0.39 is 0 Å². The van der Waals surface area contributed by atoms with Gasteiger partial charge in [-0.15, -0.1) is 0 Å². The summed E-state index contributed by atoms with van der Waals surface area (Å²) in [6.45, 7) is 0.658. The molecular weight excluding hydrogens is 268 g/mol. The van der Waals surface area contributed by atoms with E-state index >= 15 is 0 Å². The molecule has 1 amide bonds. The normalized spacial score (nSPS) is 15.2. The highest BCUT2D eigenvalue weighted by atomic mass is 32.1. The summed E-state index contributed by atoms with van der Waals surface area (Å²) in [5, 5.41) is 0. The first kappa shape index (κ1) is 15.0. The molecule has 1 aliphatic carbocycles. The van der Waals surface area contributed by atoms with Crippen molar-refractivity contribution in [3.05, 3.63) is 35.9 Å². The van der Waals surface area contributed by atoms with Crippen molar-refractivity contribution in [2.24, 2.45) is 5.73 Å². The average molecular weight is 290 g/mol. The maximum atomic E-state index is 12.6. The van der Waals surface area contributed by atoms with Crippen molar-refractivity contribution in [1.82, 2.24) is 4.90 Å². The monoisotopic (exact) mass is 290 g/mol. The maximum Gasteiger partial charge on any atom is 0.227 e. The topological polar surface area (TPSA) is 46.3 Å². The number of carbonyl (C=O) groups excluding carboxylic acids is 1. The summed E-state index contributed by atoms with van der Waals surface area (Å²) in [6.07, 6.45) is 5.73. The van der Waals surface area contributed by atoms with Crippen LogP contribution in [-0.2, 0) is 11.2 Å². The van der Waals surface area contributed by atoms with Crippen LogP contribution in [0.4, 0.5) is 0 Å². The molecule has 0 heterocycles. The van der Waals surface area contributed by atoms with Crippen LogP contribution in [0.5, 0.6) is 0 Å². The molecule has 0 radical (unpaired) electrons. The van der Waals surface area contributed by atoms with E-state index in [1.54, 1.807) is 0 Å². The highest BCUT2D eigenvalue weighted by Gasteiger charge is 2.26. The van der Waals surface area contributed by atoms with Gasteiger partial charge in [-0.3, -0.25) is 4.79 Å². The van der Waals surface area contributed by atoms with Crippen LogP contribution >= 0.6 is 12.2 Å². The molecule has 0 aliphatic heterocycles. The minimum absolute atomic E-state index is 0.194. The Kier molecular flexibility index (Phi) is 5.53. The molecular formula is C16H22N2OS. The summed E-state index contributed by atoms with van der Waals surface area (Å²) in [7, 11) is 0. The lowest BCUT2D eigenvalue weighted by Crippen LogP contribution is -2.41. The number of hydrogen-bond donors (Lipinski definition) is 1. The molecule has 108 valence electrons. The number of thiocarbonyl (C=S) groups is 1. The van der Waals surface area contributed by atoms with E-state index in [1.807, 2.05) is 35.2 Å². The lowest BCUT2D eigenvalue weighted by atomic mass is 10.1. The summed E-state index contributed by atoms with van der Waals surface area (Å²) in [6, 6.07) is 10.3. The Bertz CT molecular complexity index is 455. The Labute approximate surface area is 126 Å². The molecule has 2 N–H and O–H groups in total. The van der Waals surface area contributed by atoms with Crippen molar-refractivity contribution < 1.29 is 4.79 Å². The van der Waals surface area contributed by atoms with E-state index in [9.17, 15) is 4.79 Å². The molecule has 0 unspecified atom stereocenters. The van der Waals surface area contributed by atoms with Gasteiger partial charge in [0.1, 0.15) is 0 Å². The lowest BCUT2D eigenvalue weighted by molar-refractivity contribution is -0.132. The number of amides is 1. The highest BCUT2D eigenvalue weighted by Crippen LogP contribution is 2.24. The Morgan fingerprint density at radius 3 is 2.50 bits per heavy atom. The second kappa shape index (κ2) is 7.39. The first-order chi connectivity index (χ1) is 9.66. The Balaban J connectivity index is 2.00. The number of hydrogen-bond acceptors (Lipinski definition) is 2. The molecule has 0 aromatic heterocycles. The van der Waals surface area contributed by atoms with Gasteiger partial charge in [0.2, 0.25) is 5.91 Å². The smallest absolute Gasteiger partial charge is 0.227 e. The third kappa shape index (κ3) is 4.30. The van der Waals surface area contributed by atoms with Gasteiger partial charge in [-0.1, -0.05) is 55.4 Å². The van der Waals surface area contributed by atoms with Gasteiger partial charge in [0.25, 0.3) is 0 Å². The molecule has 0 spiro atoms. The van der Waals surface area contributed by atoms with E-state index in [0.29, 0.717) is 30.4 Å². The minimum atomic E-state index is 0.194. The fourth-order valence-electron chi connectivity index (χ4n) is 2.83. The van der Waals surface area contributed by atoms with Crippen LogP contribution in [-0.4, -0.2) is 28.4 Å². The SMILES string of the molecule is NC(=S)CCN(C(=O)Cc1ccccc1)C1CCCC1. The highest BCUT2D eigenvalue weighted by molar-refractivity contribution is 7.80. The minimum Gasteiger partial charge on any atom is -0.393 e. The van der Waals surface area contributed by atoms with Gasteiger partial charge in [0, 0.05) is 19.0 Å². The lowest BCUT2D eigenvalue weighted by Gasteiger charge is -2.29. The number of benzene rings is 1. The summed E-state index contributed by atoms with van der Waals surface area (Å²) in [4.78, 5) is 15.0. The van der Waals surface area contributed by atoms with Crippen LogP contribution in [0, 0.1) is 0 Å². The molecule has 4 heteroatoms. The number of nitrogens with zero attached hydrogens (tertiary/aromatic N) is 1. The fourth-order valence-corrected chi connectivity index (χ4v) is 2.92. The molecule has 0 bridgehead atoms. The van der Waals surface area contributed by atoms with Crippen molar-refractivity contribution in [1.29, 1.82) is 0 Å². The first-order valence-electron chi connectivity index (χ1n) is 7.28. The zero-order chi connectivity index (χ0) is 14.4. The zero-order valence-electron chi connectivity index (χ0n) is 11.8. The molecule has 1 aromatic rings. The standard InChI is InChI=1S/C16H22N2OS/c17-15(20)10-11-18(14-8-4-5-9-14)16(19)12-13-6-2-1-3-7-13/h1-3,6-7,14H,4-5,8-12H2,(H2,17,20). The molecule has 1 aromatic carbocycles. The van der Waals surface area contributed by atoms with E-state index in [2.05, 4.69) is 0 Å². The van der Waals surface area contributed by atoms with E-state index in [0.717, 1.165) is 18.4 Å². The molecule has 20 heavy (non-hydrogen) atoms. The van der Waals surface area contributed by atoms with Gasteiger partial charge in [0.05, 0.1) is 11.4 Å². The van der Waals surface area contributed by atoms with Crippen molar-refractivity contribution in [3.63, 3.8) is 0 Å². The van der Waals surface area contributed by atoms with E-state index in [1.165, 1.54) is 12.8 Å². The van der Waals surface area contributed by atoms with Gasteiger partial charge in [-0.25, -0.2) is 0 Å². The molecule has 1 aliphatic rings. The van der Waals surface area contributed by atoms with Gasteiger partial charge in [-0.05, 0) is 18.4 Å². The van der Waals surface area contributed by atoms with Crippen molar-refractivity contribution in [2.45, 2.75) is 44.6 Å². The summed E-state index contributed by atoms with van der Waals surface area (Å²) in [5.41, 5.74) is 6.65. The van der Waals surface area contributed by atoms with Crippen molar-refractivity contribution in [3.8, 4) is 0 Å². The molecule has 2 rings (SSSR count). The fraction of sp³-hybridized carbons (Fsp3) is 0.500. The third-order valence-electron chi connectivity index (χ3n) is 3.88. The van der Waals surface area contributed by atoms with E-state index in [4.69, 9.17) is 18.0 Å². The van der Waals surface area contributed by atoms with E-state index in [-0.39, 0.29) is 5.91 Å². The second-order valence-corrected chi connectivity index (χ2v) is 5.93. The van der Waals surface area contributed by atoms with Crippen molar-refractivity contribution >= 4 is 23.1 Å². The van der Waals surface area contributed by atoms with Crippen LogP contribution in [0.15, 0.2) is 30.3 Å². The van der Waals surface area contributed by atoms with Gasteiger partial charge in [0.15, 0.2) is 0 Å². The largest absolute Gasteiger partial charge is 0.393 e. The first-order valence-corrected chi connectivity index (χ1v) is 7.69. The Morgan fingerprint density at radius 2 is 1.90 bits per heavy atom. The number of rotatable bonds is 6. The van der Waals surface area contributed by atoms with Gasteiger partial charge < -0.3 is 10.6 Å². The van der Waals surface area contributed by atoms with Crippen LogP contribution < -0.4 is 5.73 Å². The molecule has 0 atom stereocenters. The average Bonchev–Trinajstić information content (AvgIpc) is 2.93. The zero-order valence-corrected chi connectivity index (χ0v) is 12.6. The van der Waals surface area contributed by atoms with Gasteiger partial charge in [-0.2, -0.15) is 0 Å². The molecule has 1 saturated carbocycles. The molecule has 1 fully saturated rings. The molecule has 0 saturated heterocycles. The molecule has 3 nitrogen and oxygen atoms in total. The predicted molar refractivity (Wildman–Crippen MR) is 85.5 cm³/mol. The number of carbonyl (C=O) groups is 1. The Hall–Kier alpha value is -1.42. The number of nitrogens with two attached hydrogens (primary N) is 1. The maximum absolute atomic E-state index is 12.6. The van der Waals surface area contributed by atoms with Crippen LogP contribution in [0.25, 0.3) is 0 Å². The summed E-state index contributed by atoms with van der Waals surface area (Å²) in [5.74, 6) is 0.194. The van der Waals surface area contributed by atoms with Crippen LogP contribution in [0.2, 0.25) is 0 Å². The van der Waals surface area contributed by atoms with Crippen LogP contribution in [0.3, 0.4) is 0 Å². The van der Waals surface area contributed by atoms with Crippen molar-refractivity contribution in [2.75, 3.05) is 6.54 Å². The summed E-state index contributed by atoms with van der Waals surface area (Å²) < 4.78 is 0. The third-order valence-corrected chi connectivity index (χ3v) is 4.09. The second-order valence-electron chi connectivity index (χ2n) is 5.40. The predicted octanol–water partition coefficient (Wildman–Crippen LogP) is 2.68. The quantitative estimate of drug-likeness (QED) is 0.819. The summed E-state index contributed by atoms with van der Waals surface area (Å²) >= 11 is 4.94.